The SMILES string of the molecule is CCSCC(C)Nc1n[nH]c(=S)s1. The van der Waals surface area contributed by atoms with E-state index >= 15 is 0 Å². The highest BCUT2D eigenvalue weighted by molar-refractivity contribution is 7.99. The molecule has 74 valence electrons. The van der Waals surface area contributed by atoms with Crippen molar-refractivity contribution in [1.29, 1.82) is 0 Å². The molecular formula is C7H13N3S3. The van der Waals surface area contributed by atoms with Gasteiger partial charge in [0.15, 0.2) is 3.95 Å². The van der Waals surface area contributed by atoms with E-state index in [4.69, 9.17) is 12.2 Å². The van der Waals surface area contributed by atoms with Crippen molar-refractivity contribution in [1.82, 2.24) is 10.2 Å². The van der Waals surface area contributed by atoms with Gasteiger partial charge in [-0.2, -0.15) is 11.8 Å². The Kier molecular flexibility index (Phi) is 4.76. The number of anilines is 1. The van der Waals surface area contributed by atoms with Crippen molar-refractivity contribution < 1.29 is 0 Å². The van der Waals surface area contributed by atoms with Crippen LogP contribution in [0.25, 0.3) is 0 Å². The Morgan fingerprint density at radius 3 is 3.08 bits per heavy atom. The molecule has 0 saturated heterocycles. The van der Waals surface area contributed by atoms with Gasteiger partial charge in [-0.1, -0.05) is 18.3 Å². The lowest BCUT2D eigenvalue weighted by atomic mass is 10.4. The predicted molar refractivity (Wildman–Crippen MR) is 63.4 cm³/mol. The summed E-state index contributed by atoms with van der Waals surface area (Å²) in [6.07, 6.45) is 0. The number of H-pyrrole nitrogens is 1. The topological polar surface area (TPSA) is 40.7 Å². The first kappa shape index (κ1) is 11.0. The molecule has 1 heterocycles. The summed E-state index contributed by atoms with van der Waals surface area (Å²) in [4.78, 5) is 0. The molecule has 1 atom stereocenters. The highest BCUT2D eigenvalue weighted by Crippen LogP contribution is 2.13. The Labute approximate surface area is 91.3 Å². The summed E-state index contributed by atoms with van der Waals surface area (Å²) >= 11 is 8.33. The monoisotopic (exact) mass is 235 g/mol. The molecule has 0 aliphatic rings. The van der Waals surface area contributed by atoms with Crippen molar-refractivity contribution in [2.75, 3.05) is 16.8 Å². The van der Waals surface area contributed by atoms with Gasteiger partial charge in [0.2, 0.25) is 5.13 Å². The van der Waals surface area contributed by atoms with E-state index in [2.05, 4.69) is 29.4 Å². The Bertz CT molecular complexity index is 293. The number of nitrogens with one attached hydrogen (secondary N) is 2. The van der Waals surface area contributed by atoms with E-state index < -0.39 is 0 Å². The molecule has 0 bridgehead atoms. The van der Waals surface area contributed by atoms with Gasteiger partial charge in [0.1, 0.15) is 0 Å². The molecule has 13 heavy (non-hydrogen) atoms. The highest BCUT2D eigenvalue weighted by Gasteiger charge is 2.03. The van der Waals surface area contributed by atoms with E-state index in [9.17, 15) is 0 Å². The quantitative estimate of drug-likeness (QED) is 0.770. The van der Waals surface area contributed by atoms with Crippen LogP contribution in [0.5, 0.6) is 0 Å². The molecule has 0 amide bonds. The molecule has 0 aromatic carbocycles. The zero-order valence-corrected chi connectivity index (χ0v) is 10.1. The smallest absolute Gasteiger partial charge is 0.204 e. The second-order valence-corrected chi connectivity index (χ2v) is 5.61. The molecule has 0 aliphatic heterocycles. The standard InChI is InChI=1S/C7H13N3S3/c1-3-12-4-5(2)8-6-9-10-7(11)13-6/h5H,3-4H2,1-2H3,(H,8,9)(H,10,11). The van der Waals surface area contributed by atoms with E-state index in [1.807, 2.05) is 11.8 Å². The van der Waals surface area contributed by atoms with Crippen molar-refractivity contribution in [3.8, 4) is 0 Å². The summed E-state index contributed by atoms with van der Waals surface area (Å²) in [7, 11) is 0. The summed E-state index contributed by atoms with van der Waals surface area (Å²) in [5.41, 5.74) is 0. The van der Waals surface area contributed by atoms with E-state index in [0.717, 1.165) is 20.6 Å². The van der Waals surface area contributed by atoms with Gasteiger partial charge in [0.25, 0.3) is 0 Å². The van der Waals surface area contributed by atoms with Gasteiger partial charge in [-0.3, -0.25) is 5.10 Å². The lowest BCUT2D eigenvalue weighted by Crippen LogP contribution is -2.17. The number of hydrogen-bond acceptors (Lipinski definition) is 5. The maximum atomic E-state index is 4.93. The third-order valence-corrected chi connectivity index (χ3v) is 3.54. The Morgan fingerprint density at radius 1 is 1.77 bits per heavy atom. The van der Waals surface area contributed by atoms with Gasteiger partial charge in [0, 0.05) is 11.8 Å². The predicted octanol–water partition coefficient (Wildman–Crippen LogP) is 2.75. The van der Waals surface area contributed by atoms with Gasteiger partial charge in [-0.15, -0.1) is 5.10 Å². The molecule has 1 unspecified atom stereocenters. The molecule has 3 nitrogen and oxygen atoms in total. The number of thioether (sulfide) groups is 1. The number of nitrogens with zero attached hydrogens (tertiary/aromatic N) is 1. The lowest BCUT2D eigenvalue weighted by molar-refractivity contribution is 0.899. The van der Waals surface area contributed by atoms with Crippen LogP contribution >= 0.6 is 35.3 Å². The van der Waals surface area contributed by atoms with Crippen LogP contribution in [0.3, 0.4) is 0 Å². The van der Waals surface area contributed by atoms with Crippen LogP contribution in [0.15, 0.2) is 0 Å². The van der Waals surface area contributed by atoms with Gasteiger partial charge >= 0.3 is 0 Å². The normalized spacial score (nSPS) is 12.8. The third-order valence-electron chi connectivity index (χ3n) is 1.38. The number of aromatic nitrogens is 2. The van der Waals surface area contributed by atoms with E-state index in [1.165, 1.54) is 11.3 Å². The largest absolute Gasteiger partial charge is 0.357 e. The van der Waals surface area contributed by atoms with Crippen LogP contribution in [-0.2, 0) is 0 Å². The molecule has 0 radical (unpaired) electrons. The minimum absolute atomic E-state index is 0.443. The summed E-state index contributed by atoms with van der Waals surface area (Å²) in [6, 6.07) is 0.443. The fraction of sp³-hybridized carbons (Fsp3) is 0.714. The van der Waals surface area contributed by atoms with Crippen molar-refractivity contribution in [3.05, 3.63) is 3.95 Å². The molecule has 0 saturated carbocycles. The Hall–Kier alpha value is -0.0700. The maximum absolute atomic E-state index is 4.93. The fourth-order valence-corrected chi connectivity index (χ4v) is 2.41. The van der Waals surface area contributed by atoms with Crippen LogP contribution in [-0.4, -0.2) is 27.7 Å². The zero-order chi connectivity index (χ0) is 9.68. The number of aromatic amines is 1. The van der Waals surface area contributed by atoms with Crippen molar-refractivity contribution in [2.45, 2.75) is 19.9 Å². The average Bonchev–Trinajstić information content (AvgIpc) is 2.48. The van der Waals surface area contributed by atoms with Crippen molar-refractivity contribution in [3.63, 3.8) is 0 Å². The second-order valence-electron chi connectivity index (χ2n) is 2.62. The molecule has 2 N–H and O–H groups in total. The molecule has 0 fully saturated rings. The van der Waals surface area contributed by atoms with Crippen LogP contribution in [0.4, 0.5) is 5.13 Å². The van der Waals surface area contributed by atoms with Crippen LogP contribution in [0.2, 0.25) is 0 Å². The van der Waals surface area contributed by atoms with Crippen molar-refractivity contribution in [2.24, 2.45) is 0 Å². The fourth-order valence-electron chi connectivity index (χ4n) is 0.839. The minimum Gasteiger partial charge on any atom is -0.357 e. The molecular weight excluding hydrogens is 222 g/mol. The van der Waals surface area contributed by atoms with Crippen LogP contribution in [0.1, 0.15) is 13.8 Å². The Morgan fingerprint density at radius 2 is 2.54 bits per heavy atom. The molecule has 1 rings (SSSR count). The van der Waals surface area contributed by atoms with Gasteiger partial charge in [0.05, 0.1) is 0 Å². The number of hydrogen-bond donors (Lipinski definition) is 2. The maximum Gasteiger partial charge on any atom is 0.204 e. The van der Waals surface area contributed by atoms with Gasteiger partial charge in [-0.05, 0) is 24.9 Å². The molecule has 0 aliphatic carbocycles. The average molecular weight is 235 g/mol. The summed E-state index contributed by atoms with van der Waals surface area (Å²) in [5, 5.41) is 10.9. The second kappa shape index (κ2) is 5.62. The lowest BCUT2D eigenvalue weighted by Gasteiger charge is -2.10. The minimum atomic E-state index is 0.443. The molecule has 1 aromatic rings. The van der Waals surface area contributed by atoms with E-state index in [1.54, 1.807) is 0 Å². The molecule has 6 heteroatoms. The van der Waals surface area contributed by atoms with E-state index in [-0.39, 0.29) is 0 Å². The number of rotatable bonds is 5. The summed E-state index contributed by atoms with van der Waals surface area (Å²) in [5.74, 6) is 2.26. The highest BCUT2D eigenvalue weighted by atomic mass is 32.2. The van der Waals surface area contributed by atoms with Gasteiger partial charge in [-0.25, -0.2) is 0 Å². The first-order valence-electron chi connectivity index (χ1n) is 4.12. The Balaban J connectivity index is 2.36. The van der Waals surface area contributed by atoms with Crippen LogP contribution in [0, 0.1) is 3.95 Å². The summed E-state index contributed by atoms with van der Waals surface area (Å²) < 4.78 is 0.720. The van der Waals surface area contributed by atoms with Crippen LogP contribution < -0.4 is 5.32 Å². The molecule has 1 aromatic heterocycles. The van der Waals surface area contributed by atoms with E-state index in [0.29, 0.717) is 6.04 Å². The summed E-state index contributed by atoms with van der Waals surface area (Å²) in [6.45, 7) is 4.31. The molecule has 0 spiro atoms. The third kappa shape index (κ3) is 4.10. The first-order valence-corrected chi connectivity index (χ1v) is 6.50. The zero-order valence-electron chi connectivity index (χ0n) is 7.66. The van der Waals surface area contributed by atoms with Gasteiger partial charge < -0.3 is 5.32 Å². The first-order chi connectivity index (χ1) is 6.22. The van der Waals surface area contributed by atoms with Crippen molar-refractivity contribution >= 4 is 40.4 Å².